The van der Waals surface area contributed by atoms with Gasteiger partial charge in [-0.1, -0.05) is 133 Å². The largest absolute Gasteiger partial charge is 0.456 e. The van der Waals surface area contributed by atoms with Crippen molar-refractivity contribution in [1.82, 2.24) is 0 Å². The fourth-order valence-corrected chi connectivity index (χ4v) is 7.60. The Bertz CT molecular complexity index is 2840. The first-order chi connectivity index (χ1) is 23.8. The molecule has 0 spiro atoms. The summed E-state index contributed by atoms with van der Waals surface area (Å²) >= 11 is 0. The summed E-state index contributed by atoms with van der Waals surface area (Å²) in [6, 6.07) is 63.4. The van der Waals surface area contributed by atoms with Crippen LogP contribution in [0.3, 0.4) is 0 Å². The standard InChI is InChI=1S/C46H29NO/c1-3-12-37-30(9-1)11-7-15-38(37)32-23-25-35(26-24-32)47(42-16-8-18-44-46(42)41-14-5-6-17-43(41)48-44)36-27-28-40-34(29-36)22-21-33-20-19-31-10-2-4-13-39(31)45(33)40/h1-29H. The van der Waals surface area contributed by atoms with E-state index in [2.05, 4.69) is 169 Å². The molecule has 0 aliphatic heterocycles. The molecule has 0 radical (unpaired) electrons. The van der Waals surface area contributed by atoms with Gasteiger partial charge in [-0.3, -0.25) is 0 Å². The van der Waals surface area contributed by atoms with Crippen LogP contribution in [0.25, 0.3) is 76.2 Å². The third kappa shape index (κ3) is 4.13. The SMILES string of the molecule is c1ccc2c(-c3ccc(N(c4ccc5c(ccc6ccc7ccccc7c65)c4)c4cccc5oc6ccccc6c45)cc3)cccc2c1. The van der Waals surface area contributed by atoms with Gasteiger partial charge < -0.3 is 9.32 Å². The second-order valence-corrected chi connectivity index (χ2v) is 12.5. The van der Waals surface area contributed by atoms with Crippen LogP contribution in [0.5, 0.6) is 0 Å². The molecular formula is C46H29NO. The van der Waals surface area contributed by atoms with Crippen molar-refractivity contribution in [2.75, 3.05) is 4.90 Å². The molecular weight excluding hydrogens is 583 g/mol. The van der Waals surface area contributed by atoms with Gasteiger partial charge in [0.05, 0.1) is 11.1 Å². The number of para-hydroxylation sites is 1. The molecule has 10 rings (SSSR count). The number of hydrogen-bond acceptors (Lipinski definition) is 2. The van der Waals surface area contributed by atoms with Crippen LogP contribution in [-0.4, -0.2) is 0 Å². The van der Waals surface area contributed by atoms with Gasteiger partial charge in [-0.2, -0.15) is 0 Å². The zero-order valence-corrected chi connectivity index (χ0v) is 26.1. The van der Waals surface area contributed by atoms with Gasteiger partial charge >= 0.3 is 0 Å². The van der Waals surface area contributed by atoms with Crippen LogP contribution >= 0.6 is 0 Å². The number of fused-ring (bicyclic) bond motifs is 9. The van der Waals surface area contributed by atoms with Crippen molar-refractivity contribution >= 4 is 82.1 Å². The van der Waals surface area contributed by atoms with Crippen LogP contribution < -0.4 is 4.90 Å². The Kier molecular flexibility index (Phi) is 5.91. The summed E-state index contributed by atoms with van der Waals surface area (Å²) < 4.78 is 6.37. The van der Waals surface area contributed by atoms with Crippen LogP contribution in [0.4, 0.5) is 17.1 Å². The fraction of sp³-hybridized carbons (Fsp3) is 0. The van der Waals surface area contributed by atoms with Gasteiger partial charge in [-0.15, -0.1) is 0 Å². The van der Waals surface area contributed by atoms with Crippen molar-refractivity contribution in [2.24, 2.45) is 0 Å². The minimum atomic E-state index is 0.879. The third-order valence-electron chi connectivity index (χ3n) is 9.81. The molecule has 0 fully saturated rings. The average Bonchev–Trinajstić information content (AvgIpc) is 3.54. The number of anilines is 3. The number of nitrogens with zero attached hydrogens (tertiary/aromatic N) is 1. The summed E-state index contributed by atoms with van der Waals surface area (Å²) in [6.07, 6.45) is 0. The molecule has 0 amide bonds. The molecule has 2 nitrogen and oxygen atoms in total. The zero-order valence-electron chi connectivity index (χ0n) is 26.1. The predicted octanol–water partition coefficient (Wildman–Crippen LogP) is 13.3. The first-order valence-electron chi connectivity index (χ1n) is 16.4. The zero-order chi connectivity index (χ0) is 31.6. The highest BCUT2D eigenvalue weighted by atomic mass is 16.3. The van der Waals surface area contributed by atoms with Gasteiger partial charge in [-0.05, 0) is 96.7 Å². The second-order valence-electron chi connectivity index (χ2n) is 12.5. The molecule has 1 aromatic heterocycles. The molecule has 48 heavy (non-hydrogen) atoms. The lowest BCUT2D eigenvalue weighted by atomic mass is 9.96. The van der Waals surface area contributed by atoms with Crippen molar-refractivity contribution in [3.8, 4) is 11.1 Å². The average molecular weight is 612 g/mol. The highest BCUT2D eigenvalue weighted by molar-refractivity contribution is 6.21. The molecule has 9 aromatic carbocycles. The molecule has 0 aliphatic rings. The maximum atomic E-state index is 6.37. The van der Waals surface area contributed by atoms with Crippen LogP contribution in [0.2, 0.25) is 0 Å². The highest BCUT2D eigenvalue weighted by Gasteiger charge is 2.20. The number of furan rings is 1. The summed E-state index contributed by atoms with van der Waals surface area (Å²) in [5, 5.41) is 12.3. The van der Waals surface area contributed by atoms with E-state index in [9.17, 15) is 0 Å². The molecule has 1 heterocycles. The van der Waals surface area contributed by atoms with Gasteiger partial charge in [0.15, 0.2) is 0 Å². The Morgan fingerprint density at radius 3 is 1.81 bits per heavy atom. The fourth-order valence-electron chi connectivity index (χ4n) is 7.60. The van der Waals surface area contributed by atoms with Crippen molar-refractivity contribution in [3.05, 3.63) is 176 Å². The van der Waals surface area contributed by atoms with E-state index in [1.54, 1.807) is 0 Å². The van der Waals surface area contributed by atoms with Crippen molar-refractivity contribution < 1.29 is 4.42 Å². The molecule has 10 aromatic rings. The van der Waals surface area contributed by atoms with E-state index in [-0.39, 0.29) is 0 Å². The maximum absolute atomic E-state index is 6.37. The number of benzene rings is 9. The van der Waals surface area contributed by atoms with Crippen molar-refractivity contribution in [3.63, 3.8) is 0 Å². The first-order valence-corrected chi connectivity index (χ1v) is 16.4. The van der Waals surface area contributed by atoms with Gasteiger partial charge in [0, 0.05) is 16.8 Å². The summed E-state index contributed by atoms with van der Waals surface area (Å²) in [6.45, 7) is 0. The molecule has 224 valence electrons. The number of hydrogen-bond donors (Lipinski definition) is 0. The van der Waals surface area contributed by atoms with E-state index in [1.807, 2.05) is 12.1 Å². The highest BCUT2D eigenvalue weighted by Crippen LogP contribution is 2.44. The van der Waals surface area contributed by atoms with Gasteiger partial charge in [0.2, 0.25) is 0 Å². The van der Waals surface area contributed by atoms with Crippen LogP contribution in [0.15, 0.2) is 180 Å². The lowest BCUT2D eigenvalue weighted by Gasteiger charge is -2.27. The second kappa shape index (κ2) is 10.6. The molecule has 0 unspecified atom stereocenters. The van der Waals surface area contributed by atoms with Crippen LogP contribution in [0.1, 0.15) is 0 Å². The molecule has 2 heteroatoms. The Labute approximate surface area is 277 Å². The first kappa shape index (κ1) is 26.8. The molecule has 0 N–H and O–H groups in total. The summed E-state index contributed by atoms with van der Waals surface area (Å²) in [5.74, 6) is 0. The predicted molar refractivity (Wildman–Crippen MR) is 204 cm³/mol. The minimum absolute atomic E-state index is 0.879. The summed E-state index contributed by atoms with van der Waals surface area (Å²) in [4.78, 5) is 2.38. The van der Waals surface area contributed by atoms with E-state index in [0.717, 1.165) is 39.0 Å². The van der Waals surface area contributed by atoms with Crippen molar-refractivity contribution in [1.29, 1.82) is 0 Å². The van der Waals surface area contributed by atoms with Crippen molar-refractivity contribution in [2.45, 2.75) is 0 Å². The number of rotatable bonds is 4. The molecule has 0 bridgehead atoms. The molecule has 0 atom stereocenters. The normalized spacial score (nSPS) is 11.8. The summed E-state index contributed by atoms with van der Waals surface area (Å²) in [7, 11) is 0. The van der Waals surface area contributed by atoms with E-state index < -0.39 is 0 Å². The quantitative estimate of drug-likeness (QED) is 0.184. The van der Waals surface area contributed by atoms with Gasteiger partial charge in [0.25, 0.3) is 0 Å². The smallest absolute Gasteiger partial charge is 0.137 e. The Hall–Kier alpha value is -6.38. The third-order valence-corrected chi connectivity index (χ3v) is 9.81. The van der Waals surface area contributed by atoms with E-state index >= 15 is 0 Å². The van der Waals surface area contributed by atoms with Gasteiger partial charge in [0.1, 0.15) is 11.2 Å². The van der Waals surface area contributed by atoms with E-state index in [0.29, 0.717) is 0 Å². The monoisotopic (exact) mass is 611 g/mol. The summed E-state index contributed by atoms with van der Waals surface area (Å²) in [5.41, 5.74) is 7.46. The molecule has 0 saturated heterocycles. The maximum Gasteiger partial charge on any atom is 0.137 e. The van der Waals surface area contributed by atoms with E-state index in [1.165, 1.54) is 54.2 Å². The lowest BCUT2D eigenvalue weighted by Crippen LogP contribution is -2.10. The Balaban J connectivity index is 1.20. The minimum Gasteiger partial charge on any atom is -0.456 e. The van der Waals surface area contributed by atoms with E-state index in [4.69, 9.17) is 4.42 Å². The van der Waals surface area contributed by atoms with Crippen LogP contribution in [-0.2, 0) is 0 Å². The Morgan fingerprint density at radius 1 is 0.354 bits per heavy atom. The molecule has 0 saturated carbocycles. The lowest BCUT2D eigenvalue weighted by molar-refractivity contribution is 0.669. The topological polar surface area (TPSA) is 16.4 Å². The van der Waals surface area contributed by atoms with Crippen LogP contribution in [0, 0.1) is 0 Å². The molecule has 0 aliphatic carbocycles. The van der Waals surface area contributed by atoms with Gasteiger partial charge in [-0.25, -0.2) is 0 Å². The Morgan fingerprint density at radius 2 is 0.958 bits per heavy atom.